The Morgan fingerprint density at radius 3 is 2.86 bits per heavy atom. The van der Waals surface area contributed by atoms with Gasteiger partial charge in [-0.15, -0.1) is 0 Å². The van der Waals surface area contributed by atoms with Crippen molar-refractivity contribution in [2.45, 2.75) is 37.8 Å². The van der Waals surface area contributed by atoms with Gasteiger partial charge in [0.1, 0.15) is 5.54 Å². The summed E-state index contributed by atoms with van der Waals surface area (Å²) < 4.78 is 5.72. The first-order valence-corrected chi connectivity index (χ1v) is 7.77. The number of ether oxygens (including phenoxy) is 1. The molecule has 0 radical (unpaired) electrons. The SMILES string of the molecule is CCOC1CCCN(CCC(N)(C#N)c2ccccc2)C1. The molecule has 2 N–H and O–H groups in total. The highest BCUT2D eigenvalue weighted by Crippen LogP contribution is 2.23. The zero-order valence-electron chi connectivity index (χ0n) is 12.8. The fourth-order valence-corrected chi connectivity index (χ4v) is 2.92. The first-order valence-electron chi connectivity index (χ1n) is 7.77. The van der Waals surface area contributed by atoms with Crippen LogP contribution in [0.3, 0.4) is 0 Å². The predicted octanol–water partition coefficient (Wildman–Crippen LogP) is 2.26. The third-order valence-electron chi connectivity index (χ3n) is 4.18. The quantitative estimate of drug-likeness (QED) is 0.871. The molecule has 0 bridgehead atoms. The standard InChI is InChI=1S/C17H25N3O/c1-2-21-16-9-6-11-20(13-16)12-10-17(19,14-18)15-7-4-3-5-8-15/h3-5,7-8,16H,2,6,9-13,19H2,1H3. The molecule has 0 aliphatic carbocycles. The number of likely N-dealkylation sites (tertiary alicyclic amines) is 1. The summed E-state index contributed by atoms with van der Waals surface area (Å²) in [5.74, 6) is 0. The highest BCUT2D eigenvalue weighted by Gasteiger charge is 2.29. The summed E-state index contributed by atoms with van der Waals surface area (Å²) in [6.07, 6.45) is 3.26. The van der Waals surface area contributed by atoms with Crippen LogP contribution in [0.25, 0.3) is 0 Å². The lowest BCUT2D eigenvalue weighted by molar-refractivity contribution is 0.00470. The van der Waals surface area contributed by atoms with E-state index in [2.05, 4.69) is 11.0 Å². The van der Waals surface area contributed by atoms with Gasteiger partial charge in [0, 0.05) is 19.7 Å². The number of piperidine rings is 1. The molecule has 0 amide bonds. The molecule has 0 saturated carbocycles. The summed E-state index contributed by atoms with van der Waals surface area (Å²) in [6, 6.07) is 12.0. The molecule has 1 aromatic carbocycles. The highest BCUT2D eigenvalue weighted by atomic mass is 16.5. The van der Waals surface area contributed by atoms with E-state index in [9.17, 15) is 5.26 Å². The average molecular weight is 287 g/mol. The molecule has 2 unspecified atom stereocenters. The number of hydrogen-bond donors (Lipinski definition) is 1. The predicted molar refractivity (Wildman–Crippen MR) is 83.6 cm³/mol. The molecular formula is C17H25N3O. The molecule has 1 saturated heterocycles. The van der Waals surface area contributed by atoms with Crippen LogP contribution in [0.1, 0.15) is 31.7 Å². The van der Waals surface area contributed by atoms with Crippen molar-refractivity contribution >= 4 is 0 Å². The molecule has 4 heteroatoms. The Hall–Kier alpha value is -1.41. The zero-order valence-corrected chi connectivity index (χ0v) is 12.8. The molecule has 1 heterocycles. The summed E-state index contributed by atoms with van der Waals surface area (Å²) >= 11 is 0. The summed E-state index contributed by atoms with van der Waals surface area (Å²) in [5, 5.41) is 9.49. The van der Waals surface area contributed by atoms with Gasteiger partial charge < -0.3 is 15.4 Å². The minimum atomic E-state index is -0.903. The number of rotatable bonds is 6. The normalized spacial score (nSPS) is 22.4. The molecular weight excluding hydrogens is 262 g/mol. The van der Waals surface area contributed by atoms with E-state index in [1.807, 2.05) is 37.3 Å². The number of nitriles is 1. The Morgan fingerprint density at radius 2 is 2.19 bits per heavy atom. The Balaban J connectivity index is 1.93. The van der Waals surface area contributed by atoms with Gasteiger partial charge in [0.05, 0.1) is 12.2 Å². The number of benzene rings is 1. The van der Waals surface area contributed by atoms with E-state index < -0.39 is 5.54 Å². The van der Waals surface area contributed by atoms with E-state index >= 15 is 0 Å². The third kappa shape index (κ3) is 4.28. The van der Waals surface area contributed by atoms with E-state index in [0.717, 1.165) is 44.6 Å². The Labute approximate surface area is 127 Å². The van der Waals surface area contributed by atoms with Crippen molar-refractivity contribution < 1.29 is 4.74 Å². The van der Waals surface area contributed by atoms with Gasteiger partial charge in [0.2, 0.25) is 0 Å². The van der Waals surface area contributed by atoms with E-state index in [-0.39, 0.29) is 0 Å². The molecule has 0 aromatic heterocycles. The second-order valence-corrected chi connectivity index (χ2v) is 5.72. The minimum Gasteiger partial charge on any atom is -0.377 e. The van der Waals surface area contributed by atoms with Crippen LogP contribution in [0, 0.1) is 11.3 Å². The summed E-state index contributed by atoms with van der Waals surface area (Å²) in [7, 11) is 0. The largest absolute Gasteiger partial charge is 0.377 e. The van der Waals surface area contributed by atoms with Crippen molar-refractivity contribution in [3.63, 3.8) is 0 Å². The van der Waals surface area contributed by atoms with E-state index in [4.69, 9.17) is 10.5 Å². The fourth-order valence-electron chi connectivity index (χ4n) is 2.92. The van der Waals surface area contributed by atoms with E-state index in [0.29, 0.717) is 12.5 Å². The smallest absolute Gasteiger partial charge is 0.131 e. The van der Waals surface area contributed by atoms with Crippen molar-refractivity contribution in [1.82, 2.24) is 4.90 Å². The van der Waals surface area contributed by atoms with Gasteiger partial charge in [-0.25, -0.2) is 0 Å². The molecule has 1 aromatic rings. The molecule has 1 fully saturated rings. The maximum atomic E-state index is 9.49. The lowest BCUT2D eigenvalue weighted by Gasteiger charge is -2.34. The molecule has 0 spiro atoms. The van der Waals surface area contributed by atoms with Gasteiger partial charge in [-0.3, -0.25) is 0 Å². The maximum absolute atomic E-state index is 9.49. The number of nitrogens with zero attached hydrogens (tertiary/aromatic N) is 2. The van der Waals surface area contributed by atoms with Crippen LogP contribution >= 0.6 is 0 Å². The molecule has 114 valence electrons. The fraction of sp³-hybridized carbons (Fsp3) is 0.588. The van der Waals surface area contributed by atoms with E-state index in [1.54, 1.807) is 0 Å². The van der Waals surface area contributed by atoms with Crippen molar-refractivity contribution in [1.29, 1.82) is 5.26 Å². The van der Waals surface area contributed by atoms with Crippen molar-refractivity contribution in [3.8, 4) is 6.07 Å². The van der Waals surface area contributed by atoms with Crippen molar-refractivity contribution in [3.05, 3.63) is 35.9 Å². The van der Waals surface area contributed by atoms with Gasteiger partial charge in [-0.1, -0.05) is 30.3 Å². The van der Waals surface area contributed by atoms with Crippen molar-refractivity contribution in [2.24, 2.45) is 5.73 Å². The maximum Gasteiger partial charge on any atom is 0.131 e. The Kier molecular flexibility index (Phi) is 5.75. The average Bonchev–Trinajstić information content (AvgIpc) is 2.54. The molecule has 4 nitrogen and oxygen atoms in total. The first-order chi connectivity index (χ1) is 10.2. The topological polar surface area (TPSA) is 62.3 Å². The molecule has 1 aliphatic rings. The molecule has 1 aliphatic heterocycles. The van der Waals surface area contributed by atoms with E-state index in [1.165, 1.54) is 0 Å². The van der Waals surface area contributed by atoms with Crippen LogP contribution in [0.2, 0.25) is 0 Å². The second-order valence-electron chi connectivity index (χ2n) is 5.72. The van der Waals surface area contributed by atoms with Crippen LogP contribution < -0.4 is 5.73 Å². The van der Waals surface area contributed by atoms with Crippen LogP contribution in [-0.4, -0.2) is 37.2 Å². The van der Waals surface area contributed by atoms with Crippen LogP contribution in [0.4, 0.5) is 0 Å². The van der Waals surface area contributed by atoms with Gasteiger partial charge in [-0.2, -0.15) is 5.26 Å². The Morgan fingerprint density at radius 1 is 1.43 bits per heavy atom. The minimum absolute atomic E-state index is 0.328. The second kappa shape index (κ2) is 7.56. The van der Waals surface area contributed by atoms with Gasteiger partial charge in [0.15, 0.2) is 0 Å². The Bertz CT molecular complexity index is 469. The number of nitrogens with two attached hydrogens (primary N) is 1. The third-order valence-corrected chi connectivity index (χ3v) is 4.18. The van der Waals surface area contributed by atoms with Crippen LogP contribution in [0.5, 0.6) is 0 Å². The van der Waals surface area contributed by atoms with Gasteiger partial charge >= 0.3 is 0 Å². The molecule has 21 heavy (non-hydrogen) atoms. The lowest BCUT2D eigenvalue weighted by atomic mass is 9.89. The monoisotopic (exact) mass is 287 g/mol. The summed E-state index contributed by atoms with van der Waals surface area (Å²) in [4.78, 5) is 2.37. The van der Waals surface area contributed by atoms with Crippen LogP contribution in [0.15, 0.2) is 30.3 Å². The molecule has 2 atom stereocenters. The van der Waals surface area contributed by atoms with Gasteiger partial charge in [-0.05, 0) is 38.3 Å². The summed E-state index contributed by atoms with van der Waals surface area (Å²) in [5.41, 5.74) is 6.30. The first kappa shape index (κ1) is 16.0. The van der Waals surface area contributed by atoms with Crippen molar-refractivity contribution in [2.75, 3.05) is 26.2 Å². The lowest BCUT2D eigenvalue weighted by Crippen LogP contribution is -2.44. The van der Waals surface area contributed by atoms with Gasteiger partial charge in [0.25, 0.3) is 0 Å². The zero-order chi connectivity index (χ0) is 15.1. The highest BCUT2D eigenvalue weighted by molar-refractivity contribution is 5.30. The van der Waals surface area contributed by atoms with Crippen LogP contribution in [-0.2, 0) is 10.3 Å². The number of hydrogen-bond acceptors (Lipinski definition) is 4. The summed E-state index contributed by atoms with van der Waals surface area (Å²) in [6.45, 7) is 5.66. The molecule has 2 rings (SSSR count).